The van der Waals surface area contributed by atoms with Crippen LogP contribution in [0.2, 0.25) is 0 Å². The highest BCUT2D eigenvalue weighted by Crippen LogP contribution is 1.94. The van der Waals surface area contributed by atoms with E-state index in [2.05, 4.69) is 13.8 Å². The van der Waals surface area contributed by atoms with Crippen LogP contribution in [0.1, 0.15) is 27.7 Å². The molecule has 0 spiro atoms. The third kappa shape index (κ3) is 7.48. The highest BCUT2D eigenvalue weighted by Gasteiger charge is 1.98. The molecule has 0 N–H and O–H groups in total. The molecule has 0 radical (unpaired) electrons. The van der Waals surface area contributed by atoms with Gasteiger partial charge in [0.2, 0.25) is 0 Å². The maximum absolute atomic E-state index is 11.0. The molecule has 0 aromatic rings. The second-order valence-corrected chi connectivity index (χ2v) is 3.60. The Bertz CT molecular complexity index is 165. The van der Waals surface area contributed by atoms with E-state index in [0.717, 1.165) is 5.57 Å². The smallest absolute Gasteiger partial charge is 0.181 e. The molecule has 0 saturated heterocycles. The first-order valence-corrected chi connectivity index (χ1v) is 4.28. The third-order valence-corrected chi connectivity index (χ3v) is 1.15. The number of allylic oxidation sites excluding steroid dienone is 1. The summed E-state index contributed by atoms with van der Waals surface area (Å²) in [6, 6.07) is 0. The molecule has 2 nitrogen and oxygen atoms in total. The summed E-state index contributed by atoms with van der Waals surface area (Å²) >= 11 is 0. The Labute approximate surface area is 74.6 Å². The molecular formula is C10H18O2. The molecule has 0 saturated carbocycles. The van der Waals surface area contributed by atoms with Crippen LogP contribution in [-0.2, 0) is 9.53 Å². The lowest BCUT2D eigenvalue weighted by atomic mass is 10.2. The number of hydrogen-bond donors (Lipinski definition) is 0. The molecule has 0 aliphatic carbocycles. The number of rotatable bonds is 5. The first kappa shape index (κ1) is 11.4. The number of ether oxygens (including phenoxy) is 1. The minimum atomic E-state index is 0.0515. The Balaban J connectivity index is 3.52. The van der Waals surface area contributed by atoms with Crippen molar-refractivity contribution in [2.75, 3.05) is 13.2 Å². The summed E-state index contributed by atoms with van der Waals surface area (Å²) in [5, 5.41) is 0. The Morgan fingerprint density at radius 1 is 1.42 bits per heavy atom. The minimum absolute atomic E-state index is 0.0515. The number of ketones is 1. The summed E-state index contributed by atoms with van der Waals surface area (Å²) in [4.78, 5) is 11.0. The van der Waals surface area contributed by atoms with Crippen LogP contribution in [0, 0.1) is 5.92 Å². The topological polar surface area (TPSA) is 26.3 Å². The minimum Gasteiger partial charge on any atom is -0.373 e. The molecule has 70 valence electrons. The van der Waals surface area contributed by atoms with Crippen LogP contribution in [0.5, 0.6) is 0 Å². The standard InChI is InChI=1S/C10H18O2/c1-8(2)5-10(11)7-12-6-9(3)4/h5,9H,6-7H2,1-4H3. The van der Waals surface area contributed by atoms with E-state index in [1.807, 2.05) is 13.8 Å². The lowest BCUT2D eigenvalue weighted by Crippen LogP contribution is -2.09. The maximum atomic E-state index is 11.0. The van der Waals surface area contributed by atoms with Crippen molar-refractivity contribution in [3.8, 4) is 0 Å². The second kappa shape index (κ2) is 5.95. The predicted molar refractivity (Wildman–Crippen MR) is 50.1 cm³/mol. The van der Waals surface area contributed by atoms with Crippen LogP contribution in [0.25, 0.3) is 0 Å². The van der Waals surface area contributed by atoms with E-state index in [4.69, 9.17) is 4.74 Å². The van der Waals surface area contributed by atoms with Gasteiger partial charge in [0.1, 0.15) is 6.61 Å². The number of carbonyl (C=O) groups is 1. The van der Waals surface area contributed by atoms with Crippen LogP contribution >= 0.6 is 0 Å². The van der Waals surface area contributed by atoms with Crippen molar-refractivity contribution in [2.24, 2.45) is 5.92 Å². The highest BCUT2D eigenvalue weighted by atomic mass is 16.5. The maximum Gasteiger partial charge on any atom is 0.181 e. The molecule has 0 unspecified atom stereocenters. The lowest BCUT2D eigenvalue weighted by molar-refractivity contribution is -0.119. The zero-order valence-electron chi connectivity index (χ0n) is 8.39. The zero-order chi connectivity index (χ0) is 9.56. The molecule has 0 aromatic heterocycles. The summed E-state index contributed by atoms with van der Waals surface area (Å²) < 4.78 is 5.16. The van der Waals surface area contributed by atoms with Gasteiger partial charge in [0.05, 0.1) is 0 Å². The lowest BCUT2D eigenvalue weighted by Gasteiger charge is -2.03. The number of carbonyl (C=O) groups excluding carboxylic acids is 1. The zero-order valence-corrected chi connectivity index (χ0v) is 8.39. The van der Waals surface area contributed by atoms with Gasteiger partial charge in [-0.1, -0.05) is 19.4 Å². The van der Waals surface area contributed by atoms with E-state index in [0.29, 0.717) is 12.5 Å². The van der Waals surface area contributed by atoms with Gasteiger partial charge in [0.15, 0.2) is 5.78 Å². The van der Waals surface area contributed by atoms with Gasteiger partial charge in [-0.2, -0.15) is 0 Å². The summed E-state index contributed by atoms with van der Waals surface area (Å²) in [5.74, 6) is 0.542. The van der Waals surface area contributed by atoms with Crippen LogP contribution in [0.15, 0.2) is 11.6 Å². The summed E-state index contributed by atoms with van der Waals surface area (Å²) in [6.07, 6.45) is 1.61. The van der Waals surface area contributed by atoms with Crippen LogP contribution < -0.4 is 0 Å². The Morgan fingerprint density at radius 2 is 2.00 bits per heavy atom. The summed E-state index contributed by atoms with van der Waals surface area (Å²) in [6.45, 7) is 8.79. The highest BCUT2D eigenvalue weighted by molar-refractivity contribution is 5.91. The molecule has 0 fully saturated rings. The van der Waals surface area contributed by atoms with Crippen molar-refractivity contribution in [3.05, 3.63) is 11.6 Å². The normalized spacial score (nSPS) is 10.1. The van der Waals surface area contributed by atoms with Crippen molar-refractivity contribution >= 4 is 5.78 Å². The van der Waals surface area contributed by atoms with Crippen LogP contribution in [0.3, 0.4) is 0 Å². The fourth-order valence-corrected chi connectivity index (χ4v) is 0.759. The molecular weight excluding hydrogens is 152 g/mol. The monoisotopic (exact) mass is 170 g/mol. The van der Waals surface area contributed by atoms with Crippen LogP contribution in [0.4, 0.5) is 0 Å². The first-order chi connectivity index (χ1) is 5.52. The summed E-state index contributed by atoms with van der Waals surface area (Å²) in [7, 11) is 0. The van der Waals surface area contributed by atoms with E-state index in [9.17, 15) is 4.79 Å². The van der Waals surface area contributed by atoms with Crippen molar-refractivity contribution in [1.82, 2.24) is 0 Å². The van der Waals surface area contributed by atoms with Gasteiger partial charge < -0.3 is 4.74 Å². The Morgan fingerprint density at radius 3 is 2.42 bits per heavy atom. The molecule has 0 aromatic carbocycles. The van der Waals surface area contributed by atoms with E-state index in [1.54, 1.807) is 6.08 Å². The third-order valence-electron chi connectivity index (χ3n) is 1.15. The van der Waals surface area contributed by atoms with Gasteiger partial charge in [0, 0.05) is 6.61 Å². The van der Waals surface area contributed by atoms with Gasteiger partial charge in [-0.05, 0) is 25.8 Å². The second-order valence-electron chi connectivity index (χ2n) is 3.60. The molecule has 2 heteroatoms. The molecule has 0 amide bonds. The Kier molecular flexibility index (Phi) is 5.64. The quantitative estimate of drug-likeness (QED) is 0.591. The molecule has 0 aliphatic heterocycles. The van der Waals surface area contributed by atoms with Crippen molar-refractivity contribution in [2.45, 2.75) is 27.7 Å². The van der Waals surface area contributed by atoms with Crippen molar-refractivity contribution in [3.63, 3.8) is 0 Å². The Hall–Kier alpha value is -0.630. The molecule has 0 rings (SSSR count). The van der Waals surface area contributed by atoms with E-state index >= 15 is 0 Å². The fourth-order valence-electron chi connectivity index (χ4n) is 0.759. The predicted octanol–water partition coefficient (Wildman–Crippen LogP) is 2.19. The van der Waals surface area contributed by atoms with Crippen LogP contribution in [-0.4, -0.2) is 19.0 Å². The van der Waals surface area contributed by atoms with E-state index in [-0.39, 0.29) is 12.4 Å². The molecule has 12 heavy (non-hydrogen) atoms. The van der Waals surface area contributed by atoms with Gasteiger partial charge >= 0.3 is 0 Å². The average molecular weight is 170 g/mol. The molecule has 0 aliphatic rings. The molecule has 0 bridgehead atoms. The SMILES string of the molecule is CC(C)=CC(=O)COCC(C)C. The first-order valence-electron chi connectivity index (χ1n) is 4.28. The van der Waals surface area contributed by atoms with Crippen molar-refractivity contribution < 1.29 is 9.53 Å². The fraction of sp³-hybridized carbons (Fsp3) is 0.700. The largest absolute Gasteiger partial charge is 0.373 e. The number of hydrogen-bond acceptors (Lipinski definition) is 2. The van der Waals surface area contributed by atoms with Gasteiger partial charge in [0.25, 0.3) is 0 Å². The molecule has 0 atom stereocenters. The van der Waals surface area contributed by atoms with Gasteiger partial charge in [-0.3, -0.25) is 4.79 Å². The van der Waals surface area contributed by atoms with Gasteiger partial charge in [-0.25, -0.2) is 0 Å². The summed E-state index contributed by atoms with van der Waals surface area (Å²) in [5.41, 5.74) is 1.02. The van der Waals surface area contributed by atoms with E-state index in [1.165, 1.54) is 0 Å². The average Bonchev–Trinajstić information content (AvgIpc) is 1.84. The van der Waals surface area contributed by atoms with Gasteiger partial charge in [-0.15, -0.1) is 0 Å². The van der Waals surface area contributed by atoms with E-state index < -0.39 is 0 Å². The van der Waals surface area contributed by atoms with Crippen molar-refractivity contribution in [1.29, 1.82) is 0 Å². The molecule has 0 heterocycles.